The number of hydrogen-bond acceptors (Lipinski definition) is 6. The van der Waals surface area contributed by atoms with Crippen LogP contribution in [0.15, 0.2) is 4.52 Å². The van der Waals surface area contributed by atoms with E-state index in [-0.39, 0.29) is 12.0 Å². The van der Waals surface area contributed by atoms with E-state index in [2.05, 4.69) is 10.1 Å². The first-order valence-corrected chi connectivity index (χ1v) is 5.21. The predicted octanol–water partition coefficient (Wildman–Crippen LogP) is 1.06. The normalized spacial score (nSPS) is 15.4. The molecule has 0 bridgehead atoms. The molecule has 16 heavy (non-hydrogen) atoms. The second-order valence-corrected chi connectivity index (χ2v) is 3.95. The van der Waals surface area contributed by atoms with Gasteiger partial charge in [-0.1, -0.05) is 19.0 Å². The fraction of sp³-hybridized carbons (Fsp3) is 0.800. The van der Waals surface area contributed by atoms with Crippen LogP contribution >= 0.6 is 0 Å². The second-order valence-electron chi connectivity index (χ2n) is 3.95. The molecule has 0 saturated heterocycles. The minimum absolute atomic E-state index is 0.174. The Morgan fingerprint density at radius 3 is 2.56 bits per heavy atom. The summed E-state index contributed by atoms with van der Waals surface area (Å²) < 4.78 is 15.3. The van der Waals surface area contributed by atoms with Crippen LogP contribution in [0.5, 0.6) is 0 Å². The summed E-state index contributed by atoms with van der Waals surface area (Å²) in [6.45, 7) is 4.40. The van der Waals surface area contributed by atoms with E-state index in [1.54, 1.807) is 14.2 Å². The highest BCUT2D eigenvalue weighted by atomic mass is 16.5. The summed E-state index contributed by atoms with van der Waals surface area (Å²) in [5, 5.41) is 3.87. The van der Waals surface area contributed by atoms with Crippen LogP contribution in [0.4, 0.5) is 0 Å². The Kier molecular flexibility index (Phi) is 4.85. The SMILES string of the molecule is COCC(N)c1nc(C(OC)C(C)C)no1. The maximum atomic E-state index is 5.77. The molecule has 0 aliphatic heterocycles. The average molecular weight is 229 g/mol. The molecule has 1 aromatic rings. The molecule has 92 valence electrons. The Bertz CT molecular complexity index is 314. The molecule has 0 radical (unpaired) electrons. The van der Waals surface area contributed by atoms with Crippen molar-refractivity contribution in [1.29, 1.82) is 0 Å². The Labute approximate surface area is 95.1 Å². The highest BCUT2D eigenvalue weighted by molar-refractivity contribution is 4.96. The zero-order valence-corrected chi connectivity index (χ0v) is 10.1. The highest BCUT2D eigenvalue weighted by Crippen LogP contribution is 2.23. The molecule has 0 aliphatic carbocycles. The number of nitrogens with zero attached hydrogens (tertiary/aromatic N) is 2. The van der Waals surface area contributed by atoms with Gasteiger partial charge in [-0.2, -0.15) is 4.98 Å². The van der Waals surface area contributed by atoms with Gasteiger partial charge in [-0.25, -0.2) is 0 Å². The van der Waals surface area contributed by atoms with E-state index in [4.69, 9.17) is 19.7 Å². The number of rotatable bonds is 6. The average Bonchev–Trinajstić information content (AvgIpc) is 2.68. The maximum Gasteiger partial charge on any atom is 0.246 e. The van der Waals surface area contributed by atoms with Gasteiger partial charge in [0, 0.05) is 14.2 Å². The lowest BCUT2D eigenvalue weighted by atomic mass is 10.1. The monoisotopic (exact) mass is 229 g/mol. The van der Waals surface area contributed by atoms with Crippen molar-refractivity contribution in [3.05, 3.63) is 11.7 Å². The van der Waals surface area contributed by atoms with Crippen LogP contribution in [-0.2, 0) is 9.47 Å². The van der Waals surface area contributed by atoms with E-state index >= 15 is 0 Å². The molecular weight excluding hydrogens is 210 g/mol. The molecule has 1 heterocycles. The fourth-order valence-electron chi connectivity index (χ4n) is 1.44. The zero-order chi connectivity index (χ0) is 12.1. The lowest BCUT2D eigenvalue weighted by Crippen LogP contribution is -2.17. The van der Waals surface area contributed by atoms with Crippen LogP contribution in [-0.4, -0.2) is 31.0 Å². The summed E-state index contributed by atoms with van der Waals surface area (Å²) in [6, 6.07) is -0.393. The standard InChI is InChI=1S/C10H19N3O3/c1-6(2)8(15-4)9-12-10(16-13-9)7(11)5-14-3/h6-8H,5,11H2,1-4H3. The molecule has 6 heteroatoms. The Hall–Kier alpha value is -0.980. The van der Waals surface area contributed by atoms with E-state index in [9.17, 15) is 0 Å². The summed E-state index contributed by atoms with van der Waals surface area (Å²) in [5.41, 5.74) is 5.77. The Morgan fingerprint density at radius 2 is 2.06 bits per heavy atom. The first-order chi connectivity index (χ1) is 7.60. The van der Waals surface area contributed by atoms with Crippen molar-refractivity contribution in [3.8, 4) is 0 Å². The van der Waals surface area contributed by atoms with E-state index < -0.39 is 6.04 Å². The van der Waals surface area contributed by atoms with Crippen LogP contribution < -0.4 is 5.73 Å². The van der Waals surface area contributed by atoms with Gasteiger partial charge in [-0.05, 0) is 5.92 Å². The van der Waals surface area contributed by atoms with Crippen LogP contribution in [0.2, 0.25) is 0 Å². The fourth-order valence-corrected chi connectivity index (χ4v) is 1.44. The smallest absolute Gasteiger partial charge is 0.246 e. The van der Waals surface area contributed by atoms with Crippen LogP contribution in [0.1, 0.15) is 37.7 Å². The van der Waals surface area contributed by atoms with Gasteiger partial charge in [0.15, 0.2) is 0 Å². The van der Waals surface area contributed by atoms with Gasteiger partial charge >= 0.3 is 0 Å². The number of hydrogen-bond donors (Lipinski definition) is 1. The van der Waals surface area contributed by atoms with Gasteiger partial charge in [-0.15, -0.1) is 0 Å². The lowest BCUT2D eigenvalue weighted by Gasteiger charge is -2.14. The molecule has 2 atom stereocenters. The van der Waals surface area contributed by atoms with Crippen molar-refractivity contribution in [2.24, 2.45) is 11.7 Å². The largest absolute Gasteiger partial charge is 0.383 e. The summed E-state index contributed by atoms with van der Waals surface area (Å²) in [5.74, 6) is 1.17. The van der Waals surface area contributed by atoms with Crippen molar-refractivity contribution >= 4 is 0 Å². The van der Waals surface area contributed by atoms with Gasteiger partial charge < -0.3 is 19.7 Å². The molecule has 0 amide bonds. The third kappa shape index (κ3) is 3.01. The second kappa shape index (κ2) is 5.93. The van der Waals surface area contributed by atoms with Gasteiger partial charge in [0.25, 0.3) is 0 Å². The minimum Gasteiger partial charge on any atom is -0.383 e. The van der Waals surface area contributed by atoms with E-state index in [1.807, 2.05) is 13.8 Å². The number of aromatic nitrogens is 2. The molecule has 0 spiro atoms. The van der Waals surface area contributed by atoms with E-state index in [1.165, 1.54) is 0 Å². The van der Waals surface area contributed by atoms with Crippen LogP contribution in [0.25, 0.3) is 0 Å². The van der Waals surface area contributed by atoms with E-state index in [0.29, 0.717) is 18.3 Å². The summed E-state index contributed by atoms with van der Waals surface area (Å²) in [6.07, 6.45) is -0.174. The first-order valence-electron chi connectivity index (χ1n) is 5.21. The van der Waals surface area contributed by atoms with Crippen molar-refractivity contribution < 1.29 is 14.0 Å². The maximum absolute atomic E-state index is 5.77. The molecule has 6 nitrogen and oxygen atoms in total. The quantitative estimate of drug-likeness (QED) is 0.785. The molecule has 2 unspecified atom stereocenters. The van der Waals surface area contributed by atoms with Crippen LogP contribution in [0, 0.1) is 5.92 Å². The molecule has 0 saturated carbocycles. The molecule has 0 fully saturated rings. The molecule has 1 aromatic heterocycles. The van der Waals surface area contributed by atoms with Gasteiger partial charge in [-0.3, -0.25) is 0 Å². The minimum atomic E-state index is -0.393. The first kappa shape index (κ1) is 13.1. The molecule has 0 aromatic carbocycles. The molecule has 1 rings (SSSR count). The van der Waals surface area contributed by atoms with Crippen molar-refractivity contribution in [1.82, 2.24) is 10.1 Å². The van der Waals surface area contributed by atoms with Crippen LogP contribution in [0.3, 0.4) is 0 Å². The van der Waals surface area contributed by atoms with Crippen molar-refractivity contribution in [3.63, 3.8) is 0 Å². The summed E-state index contributed by atoms with van der Waals surface area (Å²) in [4.78, 5) is 4.21. The third-order valence-electron chi connectivity index (χ3n) is 2.23. The topological polar surface area (TPSA) is 83.4 Å². The lowest BCUT2D eigenvalue weighted by molar-refractivity contribution is 0.0555. The number of nitrogens with two attached hydrogens (primary N) is 1. The Balaban J connectivity index is 2.77. The molecule has 0 aliphatic rings. The van der Waals surface area contributed by atoms with E-state index in [0.717, 1.165) is 0 Å². The third-order valence-corrected chi connectivity index (χ3v) is 2.23. The number of ether oxygens (including phenoxy) is 2. The Morgan fingerprint density at radius 1 is 1.38 bits per heavy atom. The number of methoxy groups -OCH3 is 2. The van der Waals surface area contributed by atoms with Gasteiger partial charge in [0.1, 0.15) is 12.1 Å². The molecule has 2 N–H and O–H groups in total. The predicted molar refractivity (Wildman–Crippen MR) is 57.7 cm³/mol. The van der Waals surface area contributed by atoms with Crippen molar-refractivity contribution in [2.45, 2.75) is 26.0 Å². The van der Waals surface area contributed by atoms with Gasteiger partial charge in [0.2, 0.25) is 11.7 Å². The van der Waals surface area contributed by atoms with Gasteiger partial charge in [0.05, 0.1) is 6.61 Å². The summed E-state index contributed by atoms with van der Waals surface area (Å²) in [7, 11) is 3.19. The summed E-state index contributed by atoms with van der Waals surface area (Å²) >= 11 is 0. The highest BCUT2D eigenvalue weighted by Gasteiger charge is 2.23. The van der Waals surface area contributed by atoms with Crippen molar-refractivity contribution in [2.75, 3.05) is 20.8 Å². The molecular formula is C10H19N3O3. The zero-order valence-electron chi connectivity index (χ0n) is 10.1.